The molecule has 0 fully saturated rings. The van der Waals surface area contributed by atoms with Crippen LogP contribution < -0.4 is 9.47 Å². The van der Waals surface area contributed by atoms with Crippen molar-refractivity contribution >= 4 is 5.91 Å². The van der Waals surface area contributed by atoms with E-state index in [0.717, 1.165) is 24.3 Å². The molecule has 24 heavy (non-hydrogen) atoms. The van der Waals surface area contributed by atoms with Crippen molar-refractivity contribution in [1.29, 1.82) is 0 Å². The van der Waals surface area contributed by atoms with Gasteiger partial charge in [-0.1, -0.05) is 0 Å². The molecule has 0 saturated carbocycles. The van der Waals surface area contributed by atoms with Crippen molar-refractivity contribution in [2.45, 2.75) is 25.8 Å². The van der Waals surface area contributed by atoms with Gasteiger partial charge < -0.3 is 14.4 Å². The molecule has 1 aliphatic heterocycles. The zero-order valence-electron chi connectivity index (χ0n) is 14.4. The largest absolute Gasteiger partial charge is 0.493 e. The lowest BCUT2D eigenvalue weighted by molar-refractivity contribution is -0.134. The number of carbonyl (C=O) groups excluding carboxylic acids is 1. The molecule has 0 radical (unpaired) electrons. The van der Waals surface area contributed by atoms with Crippen molar-refractivity contribution in [1.82, 2.24) is 14.7 Å². The van der Waals surface area contributed by atoms with Crippen molar-refractivity contribution in [2.75, 3.05) is 27.3 Å². The van der Waals surface area contributed by atoms with Gasteiger partial charge in [-0.3, -0.25) is 9.48 Å². The van der Waals surface area contributed by atoms with Gasteiger partial charge in [-0.25, -0.2) is 0 Å². The topological polar surface area (TPSA) is 56.6 Å². The van der Waals surface area contributed by atoms with Crippen molar-refractivity contribution in [3.05, 3.63) is 41.7 Å². The molecule has 2 heterocycles. The van der Waals surface area contributed by atoms with Gasteiger partial charge in [-0.05, 0) is 49.1 Å². The monoisotopic (exact) mass is 329 g/mol. The molecule has 3 rings (SSSR count). The molecule has 1 aliphatic rings. The van der Waals surface area contributed by atoms with Crippen molar-refractivity contribution in [2.24, 2.45) is 0 Å². The number of aromatic nitrogens is 2. The summed E-state index contributed by atoms with van der Waals surface area (Å²) in [5.74, 6) is 1.58. The van der Waals surface area contributed by atoms with Crippen molar-refractivity contribution < 1.29 is 14.3 Å². The average molecular weight is 329 g/mol. The predicted molar refractivity (Wildman–Crippen MR) is 90.5 cm³/mol. The second-order valence-corrected chi connectivity index (χ2v) is 5.96. The highest BCUT2D eigenvalue weighted by Crippen LogP contribution is 2.32. The third kappa shape index (κ3) is 3.09. The Morgan fingerprint density at radius 3 is 2.17 bits per heavy atom. The summed E-state index contributed by atoms with van der Waals surface area (Å²) in [6.07, 6.45) is 5.14. The van der Waals surface area contributed by atoms with E-state index in [4.69, 9.17) is 9.47 Å². The number of hydrogen-bond acceptors (Lipinski definition) is 4. The summed E-state index contributed by atoms with van der Waals surface area (Å²) >= 11 is 0. The van der Waals surface area contributed by atoms with Crippen LogP contribution in [0.5, 0.6) is 11.5 Å². The Morgan fingerprint density at radius 2 is 1.71 bits per heavy atom. The maximum atomic E-state index is 12.8. The van der Waals surface area contributed by atoms with Crippen LogP contribution in [0.4, 0.5) is 0 Å². The number of amides is 1. The average Bonchev–Trinajstić information content (AvgIpc) is 3.07. The molecular formula is C18H23N3O3. The SMILES string of the molecule is COc1cc2c(cc1OC)CCN(C(=O)[C@@H](C)n1cccn1)CC2. The quantitative estimate of drug-likeness (QED) is 0.862. The number of nitrogens with zero attached hydrogens (tertiary/aromatic N) is 3. The van der Waals surface area contributed by atoms with Gasteiger partial charge in [-0.15, -0.1) is 0 Å². The number of fused-ring (bicyclic) bond motifs is 1. The minimum atomic E-state index is -0.287. The van der Waals surface area contributed by atoms with Crippen LogP contribution in [0, 0.1) is 0 Å². The molecule has 128 valence electrons. The van der Waals surface area contributed by atoms with Gasteiger partial charge in [-0.2, -0.15) is 5.10 Å². The summed E-state index contributed by atoms with van der Waals surface area (Å²) < 4.78 is 12.5. The Morgan fingerprint density at radius 1 is 1.12 bits per heavy atom. The van der Waals surface area contributed by atoms with Crippen LogP contribution in [0.1, 0.15) is 24.1 Å². The fourth-order valence-corrected chi connectivity index (χ4v) is 3.16. The van der Waals surface area contributed by atoms with E-state index in [1.54, 1.807) is 25.1 Å². The molecule has 6 nitrogen and oxygen atoms in total. The Bertz CT molecular complexity index is 678. The summed E-state index contributed by atoms with van der Waals surface area (Å²) in [4.78, 5) is 14.7. The van der Waals surface area contributed by atoms with Gasteiger partial charge in [0.05, 0.1) is 14.2 Å². The molecule has 1 aromatic heterocycles. The zero-order valence-corrected chi connectivity index (χ0v) is 14.4. The number of ether oxygens (including phenoxy) is 2. The van der Waals surface area contributed by atoms with E-state index in [1.807, 2.05) is 36.2 Å². The highest BCUT2D eigenvalue weighted by atomic mass is 16.5. The number of carbonyl (C=O) groups is 1. The Kier molecular flexibility index (Phi) is 4.74. The normalized spacial score (nSPS) is 15.4. The molecule has 0 N–H and O–H groups in total. The van der Waals surface area contributed by atoms with Crippen LogP contribution in [-0.2, 0) is 17.6 Å². The smallest absolute Gasteiger partial charge is 0.247 e. The minimum Gasteiger partial charge on any atom is -0.493 e. The van der Waals surface area contributed by atoms with E-state index in [-0.39, 0.29) is 11.9 Å². The van der Waals surface area contributed by atoms with Crippen LogP contribution in [-0.4, -0.2) is 47.9 Å². The van der Waals surface area contributed by atoms with Crippen LogP contribution in [0.2, 0.25) is 0 Å². The third-order valence-corrected chi connectivity index (χ3v) is 4.60. The molecule has 1 amide bonds. The first kappa shape index (κ1) is 16.4. The summed E-state index contributed by atoms with van der Waals surface area (Å²) in [5, 5.41) is 4.18. The first-order chi connectivity index (χ1) is 11.6. The second kappa shape index (κ2) is 6.95. The van der Waals surface area contributed by atoms with E-state index in [1.165, 1.54) is 11.1 Å². The van der Waals surface area contributed by atoms with E-state index in [0.29, 0.717) is 13.1 Å². The number of methoxy groups -OCH3 is 2. The van der Waals surface area contributed by atoms with Crippen LogP contribution in [0.25, 0.3) is 0 Å². The van der Waals surface area contributed by atoms with Gasteiger partial charge in [0, 0.05) is 25.5 Å². The number of hydrogen-bond donors (Lipinski definition) is 0. The Labute approximate surface area is 142 Å². The lowest BCUT2D eigenvalue weighted by Crippen LogP contribution is -2.38. The highest BCUT2D eigenvalue weighted by molar-refractivity contribution is 5.80. The molecule has 0 bridgehead atoms. The maximum absolute atomic E-state index is 12.8. The molecular weight excluding hydrogens is 306 g/mol. The summed E-state index contributed by atoms with van der Waals surface area (Å²) in [5.41, 5.74) is 2.43. The molecule has 0 aliphatic carbocycles. The van der Waals surface area contributed by atoms with E-state index in [2.05, 4.69) is 5.10 Å². The summed E-state index contributed by atoms with van der Waals surface area (Å²) in [7, 11) is 3.28. The summed E-state index contributed by atoms with van der Waals surface area (Å²) in [6.45, 7) is 3.29. The van der Waals surface area contributed by atoms with Crippen molar-refractivity contribution in [3.8, 4) is 11.5 Å². The highest BCUT2D eigenvalue weighted by Gasteiger charge is 2.25. The fourth-order valence-electron chi connectivity index (χ4n) is 3.16. The molecule has 0 spiro atoms. The van der Waals surface area contributed by atoms with E-state index >= 15 is 0 Å². The lowest BCUT2D eigenvalue weighted by Gasteiger charge is -2.24. The first-order valence-corrected chi connectivity index (χ1v) is 8.15. The molecule has 1 atom stereocenters. The zero-order chi connectivity index (χ0) is 17.1. The molecule has 2 aromatic rings. The standard InChI is InChI=1S/C18H23N3O3/c1-13(21-8-4-7-19-21)18(22)20-9-5-14-11-16(23-2)17(24-3)12-15(14)6-10-20/h4,7-8,11-13H,5-6,9-10H2,1-3H3/t13-/m1/s1. The third-order valence-electron chi connectivity index (χ3n) is 4.60. The Hall–Kier alpha value is -2.50. The van der Waals surface area contributed by atoms with Crippen molar-refractivity contribution in [3.63, 3.8) is 0 Å². The molecule has 6 heteroatoms. The minimum absolute atomic E-state index is 0.102. The van der Waals surface area contributed by atoms with Gasteiger partial charge in [0.25, 0.3) is 0 Å². The van der Waals surface area contributed by atoms with Crippen LogP contribution in [0.15, 0.2) is 30.6 Å². The van der Waals surface area contributed by atoms with Gasteiger partial charge in [0.15, 0.2) is 11.5 Å². The fraction of sp³-hybridized carbons (Fsp3) is 0.444. The van der Waals surface area contributed by atoms with Gasteiger partial charge >= 0.3 is 0 Å². The van der Waals surface area contributed by atoms with Crippen LogP contribution in [0.3, 0.4) is 0 Å². The summed E-state index contributed by atoms with van der Waals surface area (Å²) in [6, 6.07) is 5.60. The Balaban J connectivity index is 1.77. The lowest BCUT2D eigenvalue weighted by atomic mass is 10.0. The second-order valence-electron chi connectivity index (χ2n) is 5.96. The number of rotatable bonds is 4. The molecule has 0 unspecified atom stereocenters. The molecule has 0 saturated heterocycles. The maximum Gasteiger partial charge on any atom is 0.247 e. The van der Waals surface area contributed by atoms with Gasteiger partial charge in [0.2, 0.25) is 5.91 Å². The molecule has 1 aromatic carbocycles. The first-order valence-electron chi connectivity index (χ1n) is 8.15. The van der Waals surface area contributed by atoms with Gasteiger partial charge in [0.1, 0.15) is 6.04 Å². The van der Waals surface area contributed by atoms with E-state index < -0.39 is 0 Å². The number of benzene rings is 1. The van der Waals surface area contributed by atoms with E-state index in [9.17, 15) is 4.79 Å². The predicted octanol–water partition coefficient (Wildman–Crippen LogP) is 2.09. The van der Waals surface area contributed by atoms with Crippen LogP contribution >= 0.6 is 0 Å².